The van der Waals surface area contributed by atoms with Crippen LogP contribution in [0.4, 0.5) is 4.79 Å². The van der Waals surface area contributed by atoms with E-state index in [1.807, 2.05) is 24.4 Å². The Kier molecular flexibility index (Phi) is 8.69. The van der Waals surface area contributed by atoms with Crippen molar-refractivity contribution in [2.24, 2.45) is 7.05 Å². The van der Waals surface area contributed by atoms with Crippen LogP contribution < -0.4 is 0 Å². The van der Waals surface area contributed by atoms with Gasteiger partial charge in [0.05, 0.1) is 18.4 Å². The van der Waals surface area contributed by atoms with Crippen molar-refractivity contribution in [2.45, 2.75) is 70.4 Å². The summed E-state index contributed by atoms with van der Waals surface area (Å²) in [6, 6.07) is 3.57. The molecule has 0 spiro atoms. The molecule has 1 atom stereocenters. The number of nitrogens with zero attached hydrogens (tertiary/aromatic N) is 7. The van der Waals surface area contributed by atoms with Crippen molar-refractivity contribution in [1.82, 2.24) is 33.4 Å². The van der Waals surface area contributed by atoms with Gasteiger partial charge in [0.15, 0.2) is 5.65 Å². The maximum absolute atomic E-state index is 14.5. The molecule has 14 heteroatoms. The van der Waals surface area contributed by atoms with Crippen LogP contribution in [-0.4, -0.2) is 76.4 Å². The van der Waals surface area contributed by atoms with Crippen LogP contribution in [0.2, 0.25) is 0 Å². The molecular weight excluding hydrogens is 610 g/mol. The molecular formula is C32H39N7O6S. The van der Waals surface area contributed by atoms with Crippen LogP contribution in [0.3, 0.4) is 0 Å². The van der Waals surface area contributed by atoms with Crippen molar-refractivity contribution in [3.63, 3.8) is 0 Å². The fourth-order valence-electron chi connectivity index (χ4n) is 5.41. The number of hydrogen-bond donors (Lipinski definition) is 1. The van der Waals surface area contributed by atoms with Crippen molar-refractivity contribution in [3.05, 3.63) is 72.6 Å². The van der Waals surface area contributed by atoms with Gasteiger partial charge in [0.2, 0.25) is 10.0 Å². The predicted octanol–water partition coefficient (Wildman–Crippen LogP) is 4.85. The number of aryl methyl sites for hydroxylation is 2. The number of allylic oxidation sites excluding steroid dienone is 3. The van der Waals surface area contributed by atoms with Gasteiger partial charge >= 0.3 is 12.1 Å². The second kappa shape index (κ2) is 12.2. The largest absolute Gasteiger partial charge is 0.481 e. The second-order valence-corrected chi connectivity index (χ2v) is 15.0. The lowest BCUT2D eigenvalue weighted by molar-refractivity contribution is -0.137. The number of carbonyl (C=O) groups excluding carboxylic acids is 1. The third kappa shape index (κ3) is 6.62. The third-order valence-electron chi connectivity index (χ3n) is 7.69. The fraction of sp³-hybridized carbons (Fsp3) is 0.406. The van der Waals surface area contributed by atoms with Gasteiger partial charge in [0, 0.05) is 73.9 Å². The number of carboxylic acid groups (broad SMARTS) is 1. The molecule has 244 valence electrons. The van der Waals surface area contributed by atoms with Gasteiger partial charge in [-0.3, -0.25) is 14.2 Å². The standard InChI is InChI=1S/C32H39N7O6S/c1-31(2,3)45-30(42)36(5)21-27-26(19-37(6)35-27)22-10-7-13-32(4,16-22)46(43,44)39-20-25(24-11-8-14-33-29(24)39)23-17-34-38(18-23)15-9-12-28(40)41/h7-8,10-11,14,16-20H,9,12-13,15,21H2,1-6H3,(H,40,41). The lowest BCUT2D eigenvalue weighted by atomic mass is 9.93. The van der Waals surface area contributed by atoms with E-state index in [0.717, 1.165) is 0 Å². The number of amides is 1. The van der Waals surface area contributed by atoms with Crippen LogP contribution in [0.1, 0.15) is 58.2 Å². The number of ether oxygens (including phenoxy) is 1. The fourth-order valence-corrected chi connectivity index (χ4v) is 7.06. The number of rotatable bonds is 10. The summed E-state index contributed by atoms with van der Waals surface area (Å²) in [6.45, 7) is 7.67. The Balaban J connectivity index is 1.49. The van der Waals surface area contributed by atoms with E-state index in [0.29, 0.717) is 52.0 Å². The number of hydrogen-bond acceptors (Lipinski definition) is 8. The van der Waals surface area contributed by atoms with Crippen molar-refractivity contribution in [3.8, 4) is 11.1 Å². The quantitative estimate of drug-likeness (QED) is 0.254. The lowest BCUT2D eigenvalue weighted by Crippen LogP contribution is -2.38. The maximum Gasteiger partial charge on any atom is 0.410 e. The number of carboxylic acids is 1. The van der Waals surface area contributed by atoms with Gasteiger partial charge in [-0.1, -0.05) is 18.2 Å². The highest BCUT2D eigenvalue weighted by atomic mass is 32.2. The molecule has 4 heterocycles. The van der Waals surface area contributed by atoms with Gasteiger partial charge < -0.3 is 14.7 Å². The zero-order chi connectivity index (χ0) is 33.4. The molecule has 1 aliphatic carbocycles. The summed E-state index contributed by atoms with van der Waals surface area (Å²) in [7, 11) is -0.666. The van der Waals surface area contributed by atoms with Gasteiger partial charge in [0.25, 0.3) is 0 Å². The van der Waals surface area contributed by atoms with Gasteiger partial charge in [-0.25, -0.2) is 22.2 Å². The smallest absolute Gasteiger partial charge is 0.410 e. The summed E-state index contributed by atoms with van der Waals surface area (Å²) >= 11 is 0. The van der Waals surface area contributed by atoms with Gasteiger partial charge in [-0.15, -0.1) is 0 Å². The van der Waals surface area contributed by atoms with Crippen molar-refractivity contribution < 1.29 is 27.9 Å². The van der Waals surface area contributed by atoms with E-state index in [2.05, 4.69) is 15.2 Å². The first kappa shape index (κ1) is 32.7. The molecule has 4 aromatic rings. The molecule has 0 bridgehead atoms. The molecule has 1 aliphatic rings. The summed E-state index contributed by atoms with van der Waals surface area (Å²) < 4.78 is 37.7. The SMILES string of the molecule is CN(Cc1nn(C)cc1C1=CC(C)(S(=O)(=O)n2cc(-c3cnn(CCCC(=O)O)c3)c3cccnc32)CC=C1)C(=O)OC(C)(C)C. The Hall–Kier alpha value is -4.72. The zero-order valence-electron chi connectivity index (χ0n) is 26.8. The number of fused-ring (bicyclic) bond motifs is 1. The average Bonchev–Trinajstić information content (AvgIpc) is 3.69. The van der Waals surface area contributed by atoms with E-state index in [1.54, 1.807) is 88.1 Å². The normalized spacial score (nSPS) is 16.9. The minimum atomic E-state index is -4.07. The predicted molar refractivity (Wildman–Crippen MR) is 173 cm³/mol. The first-order valence-electron chi connectivity index (χ1n) is 14.9. The van der Waals surface area contributed by atoms with E-state index in [4.69, 9.17) is 9.84 Å². The Morgan fingerprint density at radius 1 is 1.17 bits per heavy atom. The van der Waals surface area contributed by atoms with Crippen LogP contribution in [-0.2, 0) is 39.7 Å². The molecule has 0 fully saturated rings. The van der Waals surface area contributed by atoms with Crippen LogP contribution in [0.25, 0.3) is 27.7 Å². The molecule has 46 heavy (non-hydrogen) atoms. The molecule has 0 aliphatic heterocycles. The molecule has 13 nitrogen and oxygen atoms in total. The monoisotopic (exact) mass is 649 g/mol. The molecule has 1 unspecified atom stereocenters. The summed E-state index contributed by atoms with van der Waals surface area (Å²) in [5.41, 5.74) is 2.97. The molecule has 0 aromatic carbocycles. The van der Waals surface area contributed by atoms with Crippen LogP contribution in [0.5, 0.6) is 0 Å². The van der Waals surface area contributed by atoms with Gasteiger partial charge in [-0.05, 0) is 58.2 Å². The molecule has 0 saturated heterocycles. The highest BCUT2D eigenvalue weighted by Gasteiger charge is 2.41. The minimum Gasteiger partial charge on any atom is -0.481 e. The maximum atomic E-state index is 14.5. The summed E-state index contributed by atoms with van der Waals surface area (Å²) in [4.78, 5) is 29.5. The molecule has 4 aromatic heterocycles. The average molecular weight is 650 g/mol. The zero-order valence-corrected chi connectivity index (χ0v) is 27.7. The Labute approximate surface area is 267 Å². The summed E-state index contributed by atoms with van der Waals surface area (Å²) in [5.74, 6) is -0.872. The lowest BCUT2D eigenvalue weighted by Gasteiger charge is -2.29. The molecule has 5 rings (SSSR count). The van der Waals surface area contributed by atoms with Gasteiger partial charge in [-0.2, -0.15) is 10.2 Å². The number of pyridine rings is 1. The Morgan fingerprint density at radius 2 is 1.93 bits per heavy atom. The van der Waals surface area contributed by atoms with E-state index in [-0.39, 0.29) is 19.4 Å². The number of aliphatic carboxylic acids is 1. The minimum absolute atomic E-state index is 0.0280. The van der Waals surface area contributed by atoms with Crippen LogP contribution in [0.15, 0.2) is 61.3 Å². The molecule has 1 amide bonds. The number of aromatic nitrogens is 6. The van der Waals surface area contributed by atoms with Crippen LogP contribution >= 0.6 is 0 Å². The third-order valence-corrected chi connectivity index (χ3v) is 9.95. The molecule has 1 N–H and O–H groups in total. The van der Waals surface area contributed by atoms with Crippen molar-refractivity contribution in [1.29, 1.82) is 0 Å². The van der Waals surface area contributed by atoms with Crippen molar-refractivity contribution >= 4 is 38.7 Å². The van der Waals surface area contributed by atoms with E-state index in [9.17, 15) is 18.0 Å². The Morgan fingerprint density at radius 3 is 2.65 bits per heavy atom. The Bertz CT molecular complexity index is 1960. The topological polar surface area (TPSA) is 154 Å². The van der Waals surface area contributed by atoms with Crippen LogP contribution in [0, 0.1) is 0 Å². The van der Waals surface area contributed by atoms with Gasteiger partial charge in [0.1, 0.15) is 10.3 Å². The highest BCUT2D eigenvalue weighted by Crippen LogP contribution is 2.38. The number of carbonyl (C=O) groups is 2. The first-order valence-corrected chi connectivity index (χ1v) is 16.3. The van der Waals surface area contributed by atoms with E-state index >= 15 is 0 Å². The van der Waals surface area contributed by atoms with E-state index in [1.165, 1.54) is 8.87 Å². The first-order chi connectivity index (χ1) is 21.6. The van der Waals surface area contributed by atoms with E-state index < -0.39 is 32.4 Å². The molecule has 0 radical (unpaired) electrons. The summed E-state index contributed by atoms with van der Waals surface area (Å²) in [5, 5.41) is 18.5. The summed E-state index contributed by atoms with van der Waals surface area (Å²) in [6.07, 6.45) is 14.0. The highest BCUT2D eigenvalue weighted by molar-refractivity contribution is 7.91. The molecule has 0 saturated carbocycles. The van der Waals surface area contributed by atoms with Crippen molar-refractivity contribution in [2.75, 3.05) is 7.05 Å². The second-order valence-electron chi connectivity index (χ2n) is 12.7.